The molecule has 1 rings (SSSR count). The highest BCUT2D eigenvalue weighted by molar-refractivity contribution is 9.10. The van der Waals surface area contributed by atoms with Crippen molar-refractivity contribution in [3.8, 4) is 0 Å². The summed E-state index contributed by atoms with van der Waals surface area (Å²) in [6.45, 7) is 1.70. The molecule has 5 nitrogen and oxygen atoms in total. The van der Waals surface area contributed by atoms with Gasteiger partial charge in [-0.1, -0.05) is 6.07 Å². The van der Waals surface area contributed by atoms with Gasteiger partial charge in [0.1, 0.15) is 0 Å². The summed E-state index contributed by atoms with van der Waals surface area (Å²) in [5, 5.41) is 22.6. The van der Waals surface area contributed by atoms with Crippen molar-refractivity contribution in [1.82, 2.24) is 5.32 Å². The number of nitrogens with zero attached hydrogens (tertiary/aromatic N) is 1. The first-order valence-electron chi connectivity index (χ1n) is 5.89. The number of halogens is 1. The average molecular weight is 317 g/mol. The Labute approximate surface area is 114 Å². The minimum Gasteiger partial charge on any atom is -0.396 e. The van der Waals surface area contributed by atoms with E-state index in [1.807, 2.05) is 6.07 Å². The van der Waals surface area contributed by atoms with Crippen LogP contribution in [-0.4, -0.2) is 23.2 Å². The number of hydrogen-bond donors (Lipinski definition) is 2. The van der Waals surface area contributed by atoms with Gasteiger partial charge in [-0.15, -0.1) is 0 Å². The van der Waals surface area contributed by atoms with Crippen molar-refractivity contribution in [2.45, 2.75) is 25.8 Å². The lowest BCUT2D eigenvalue weighted by Gasteiger charge is -2.05. The van der Waals surface area contributed by atoms with Crippen LogP contribution in [0.25, 0.3) is 0 Å². The molecule has 2 N–H and O–H groups in total. The van der Waals surface area contributed by atoms with E-state index in [2.05, 4.69) is 21.2 Å². The van der Waals surface area contributed by atoms with E-state index in [9.17, 15) is 10.1 Å². The van der Waals surface area contributed by atoms with Crippen LogP contribution in [0.1, 0.15) is 24.8 Å². The van der Waals surface area contributed by atoms with Gasteiger partial charge in [-0.2, -0.15) is 0 Å². The van der Waals surface area contributed by atoms with Crippen LogP contribution in [0.4, 0.5) is 5.69 Å². The summed E-state index contributed by atoms with van der Waals surface area (Å²) < 4.78 is 0.499. The van der Waals surface area contributed by atoms with Gasteiger partial charge in [0.2, 0.25) is 0 Å². The molecule has 0 unspecified atom stereocenters. The van der Waals surface area contributed by atoms with Gasteiger partial charge in [-0.3, -0.25) is 10.1 Å². The van der Waals surface area contributed by atoms with E-state index in [-0.39, 0.29) is 12.3 Å². The molecule has 0 fully saturated rings. The second-order valence-electron chi connectivity index (χ2n) is 4.00. The van der Waals surface area contributed by atoms with E-state index < -0.39 is 4.92 Å². The van der Waals surface area contributed by atoms with E-state index in [0.717, 1.165) is 31.4 Å². The quantitative estimate of drug-likeness (QED) is 0.439. The lowest BCUT2D eigenvalue weighted by atomic mass is 10.2. The molecule has 0 aromatic heterocycles. The molecule has 1 aromatic rings. The van der Waals surface area contributed by atoms with Crippen LogP contribution in [0.2, 0.25) is 0 Å². The minimum absolute atomic E-state index is 0.0922. The van der Waals surface area contributed by atoms with Crippen LogP contribution in [0.3, 0.4) is 0 Å². The van der Waals surface area contributed by atoms with Crippen LogP contribution < -0.4 is 5.32 Å². The molecule has 0 radical (unpaired) electrons. The maximum absolute atomic E-state index is 10.8. The smallest absolute Gasteiger partial charge is 0.283 e. The van der Waals surface area contributed by atoms with Crippen LogP contribution in [0.15, 0.2) is 22.7 Å². The summed E-state index contributed by atoms with van der Waals surface area (Å²) in [7, 11) is 0. The monoisotopic (exact) mass is 316 g/mol. The number of benzene rings is 1. The number of aliphatic hydroxyl groups is 1. The SMILES string of the molecule is O=[N+]([O-])c1cc(CNCCCCCO)ccc1Br. The molecule has 0 bridgehead atoms. The fourth-order valence-electron chi connectivity index (χ4n) is 1.58. The Hall–Kier alpha value is -0.980. The zero-order valence-corrected chi connectivity index (χ0v) is 11.6. The zero-order valence-electron chi connectivity index (χ0n) is 10.1. The standard InChI is InChI=1S/C12H17BrN2O3/c13-11-5-4-10(8-12(11)15(17)18)9-14-6-2-1-3-7-16/h4-5,8,14,16H,1-3,6-7,9H2. The van der Waals surface area contributed by atoms with Gasteiger partial charge in [-0.25, -0.2) is 0 Å². The highest BCUT2D eigenvalue weighted by Gasteiger charge is 2.11. The maximum atomic E-state index is 10.8. The third kappa shape index (κ3) is 5.12. The second-order valence-corrected chi connectivity index (χ2v) is 4.86. The van der Waals surface area contributed by atoms with Gasteiger partial charge >= 0.3 is 0 Å². The van der Waals surface area contributed by atoms with Crippen molar-refractivity contribution in [2.24, 2.45) is 0 Å². The van der Waals surface area contributed by atoms with Crippen molar-refractivity contribution in [2.75, 3.05) is 13.2 Å². The largest absolute Gasteiger partial charge is 0.396 e. The minimum atomic E-state index is -0.394. The highest BCUT2D eigenvalue weighted by Crippen LogP contribution is 2.25. The molecule has 0 atom stereocenters. The molecule has 0 amide bonds. The van der Waals surface area contributed by atoms with Crippen LogP contribution in [0, 0.1) is 10.1 Å². The lowest BCUT2D eigenvalue weighted by Crippen LogP contribution is -2.14. The van der Waals surface area contributed by atoms with Crippen molar-refractivity contribution in [1.29, 1.82) is 0 Å². The zero-order chi connectivity index (χ0) is 13.4. The molecule has 0 aliphatic rings. The summed E-state index contributed by atoms with van der Waals surface area (Å²) in [5.41, 5.74) is 0.988. The van der Waals surface area contributed by atoms with E-state index in [0.29, 0.717) is 11.0 Å². The molecule has 100 valence electrons. The van der Waals surface area contributed by atoms with Gasteiger partial charge in [0.05, 0.1) is 9.40 Å². The molecule has 0 saturated carbocycles. The maximum Gasteiger partial charge on any atom is 0.283 e. The first-order valence-corrected chi connectivity index (χ1v) is 6.69. The van der Waals surface area contributed by atoms with Crippen molar-refractivity contribution >= 4 is 21.6 Å². The summed E-state index contributed by atoms with van der Waals surface area (Å²) in [6.07, 6.45) is 2.81. The second kappa shape index (κ2) is 8.18. The Morgan fingerprint density at radius 1 is 1.33 bits per heavy atom. The Morgan fingerprint density at radius 3 is 2.78 bits per heavy atom. The normalized spacial score (nSPS) is 10.6. The Morgan fingerprint density at radius 2 is 2.11 bits per heavy atom. The molecular formula is C12H17BrN2O3. The molecule has 1 aromatic carbocycles. The van der Waals surface area contributed by atoms with E-state index in [1.165, 1.54) is 0 Å². The van der Waals surface area contributed by atoms with E-state index in [1.54, 1.807) is 12.1 Å². The predicted molar refractivity (Wildman–Crippen MR) is 73.4 cm³/mol. The molecule has 0 aliphatic carbocycles. The third-order valence-electron chi connectivity index (χ3n) is 2.55. The van der Waals surface area contributed by atoms with Gasteiger partial charge in [0.15, 0.2) is 0 Å². The van der Waals surface area contributed by atoms with Crippen molar-refractivity contribution < 1.29 is 10.0 Å². The van der Waals surface area contributed by atoms with Crippen molar-refractivity contribution in [3.05, 3.63) is 38.3 Å². The average Bonchev–Trinajstić information content (AvgIpc) is 2.35. The predicted octanol–water partition coefficient (Wildman–Crippen LogP) is 2.61. The summed E-state index contributed by atoms with van der Waals surface area (Å²) in [4.78, 5) is 10.4. The van der Waals surface area contributed by atoms with Gasteiger partial charge in [0.25, 0.3) is 5.69 Å². The molecule has 0 saturated heterocycles. The first-order chi connectivity index (χ1) is 8.65. The number of nitro benzene ring substituents is 1. The number of aliphatic hydroxyl groups excluding tert-OH is 1. The van der Waals surface area contributed by atoms with Crippen LogP contribution in [0.5, 0.6) is 0 Å². The lowest BCUT2D eigenvalue weighted by molar-refractivity contribution is -0.385. The molecule has 0 heterocycles. The molecule has 0 aliphatic heterocycles. The summed E-state index contributed by atoms with van der Waals surface area (Å²) >= 11 is 3.16. The fraction of sp³-hybridized carbons (Fsp3) is 0.500. The first kappa shape index (κ1) is 15.1. The van der Waals surface area contributed by atoms with E-state index in [4.69, 9.17) is 5.11 Å². The molecule has 18 heavy (non-hydrogen) atoms. The highest BCUT2D eigenvalue weighted by atomic mass is 79.9. The van der Waals surface area contributed by atoms with Crippen LogP contribution >= 0.6 is 15.9 Å². The summed E-state index contributed by atoms with van der Waals surface area (Å²) in [5.74, 6) is 0. The molecule has 6 heteroatoms. The van der Waals surface area contributed by atoms with Crippen molar-refractivity contribution in [3.63, 3.8) is 0 Å². The number of rotatable bonds is 8. The van der Waals surface area contributed by atoms with E-state index >= 15 is 0 Å². The number of unbranched alkanes of at least 4 members (excludes halogenated alkanes) is 2. The van der Waals surface area contributed by atoms with Gasteiger partial charge in [0, 0.05) is 19.2 Å². The topological polar surface area (TPSA) is 75.4 Å². The molecule has 0 spiro atoms. The van der Waals surface area contributed by atoms with Gasteiger partial charge in [-0.05, 0) is 53.4 Å². The number of nitrogens with one attached hydrogen (secondary N) is 1. The fourth-order valence-corrected chi connectivity index (χ4v) is 1.97. The third-order valence-corrected chi connectivity index (χ3v) is 3.22. The summed E-state index contributed by atoms with van der Waals surface area (Å²) in [6, 6.07) is 5.13. The molecular weight excluding hydrogens is 300 g/mol. The Bertz CT molecular complexity index is 399. The number of nitro groups is 1. The number of hydrogen-bond acceptors (Lipinski definition) is 4. The Kier molecular flexibility index (Phi) is 6.85. The Balaban J connectivity index is 2.38. The van der Waals surface area contributed by atoms with Crippen LogP contribution in [-0.2, 0) is 6.54 Å². The van der Waals surface area contributed by atoms with Gasteiger partial charge < -0.3 is 10.4 Å².